The Kier molecular flexibility index (Phi) is 4.28. The highest BCUT2D eigenvalue weighted by molar-refractivity contribution is 5.90. The first-order valence-electron chi connectivity index (χ1n) is 7.13. The van der Waals surface area contributed by atoms with Crippen LogP contribution < -0.4 is 10.1 Å². The first-order chi connectivity index (χ1) is 11.2. The Balaban J connectivity index is 1.72. The predicted octanol–water partition coefficient (Wildman–Crippen LogP) is 2.80. The van der Waals surface area contributed by atoms with Crippen LogP contribution in [0.4, 0.5) is 5.69 Å². The number of hydrogen-bond acceptors (Lipinski definition) is 5. The Morgan fingerprint density at radius 1 is 1.26 bits per heavy atom. The largest absolute Gasteiger partial charge is 0.439 e. The highest BCUT2D eigenvalue weighted by Crippen LogP contribution is 2.22. The molecule has 23 heavy (non-hydrogen) atoms. The Morgan fingerprint density at radius 3 is 2.78 bits per heavy atom. The molecule has 7 heteroatoms. The number of anilines is 1. The van der Waals surface area contributed by atoms with Crippen LogP contribution in [0.1, 0.15) is 13.3 Å². The molecule has 7 nitrogen and oxygen atoms in total. The standard InChI is InChI=1S/C16H15N5O2/c1-2-15(22)20-12-3-5-13(6-4-12)23-16-9-14(18-10-19-16)21-8-7-17-11-21/h3-11H,2H2,1H3,(H,20,22). The second-order valence-corrected chi connectivity index (χ2v) is 4.71. The van der Waals surface area contributed by atoms with Crippen molar-refractivity contribution >= 4 is 11.6 Å². The van der Waals surface area contributed by atoms with Gasteiger partial charge in [-0.3, -0.25) is 9.36 Å². The molecule has 116 valence electrons. The number of nitrogens with one attached hydrogen (secondary N) is 1. The fourth-order valence-corrected chi connectivity index (χ4v) is 1.90. The molecule has 0 aliphatic carbocycles. The Bertz CT molecular complexity index is 784. The van der Waals surface area contributed by atoms with Crippen molar-refractivity contribution in [3.8, 4) is 17.4 Å². The van der Waals surface area contributed by atoms with E-state index in [0.717, 1.165) is 5.69 Å². The van der Waals surface area contributed by atoms with Gasteiger partial charge in [0.25, 0.3) is 0 Å². The Hall–Kier alpha value is -3.22. The first-order valence-corrected chi connectivity index (χ1v) is 7.13. The summed E-state index contributed by atoms with van der Waals surface area (Å²) in [6.07, 6.45) is 6.98. The minimum absolute atomic E-state index is 0.0283. The molecule has 0 spiro atoms. The van der Waals surface area contributed by atoms with Crippen molar-refractivity contribution in [1.29, 1.82) is 0 Å². The molecule has 0 atom stereocenters. The van der Waals surface area contributed by atoms with Gasteiger partial charge >= 0.3 is 0 Å². The summed E-state index contributed by atoms with van der Waals surface area (Å²) in [5.74, 6) is 1.68. The predicted molar refractivity (Wildman–Crippen MR) is 84.6 cm³/mol. The van der Waals surface area contributed by atoms with E-state index in [1.165, 1.54) is 6.33 Å². The molecule has 0 unspecified atom stereocenters. The van der Waals surface area contributed by atoms with Gasteiger partial charge in [-0.15, -0.1) is 0 Å². The number of hydrogen-bond donors (Lipinski definition) is 1. The molecule has 1 N–H and O–H groups in total. The van der Waals surface area contributed by atoms with E-state index in [0.29, 0.717) is 23.9 Å². The van der Waals surface area contributed by atoms with Crippen molar-refractivity contribution in [3.05, 3.63) is 55.4 Å². The fraction of sp³-hybridized carbons (Fsp3) is 0.125. The topological polar surface area (TPSA) is 81.9 Å². The fourth-order valence-electron chi connectivity index (χ4n) is 1.90. The lowest BCUT2D eigenvalue weighted by Crippen LogP contribution is -2.09. The van der Waals surface area contributed by atoms with Crippen molar-refractivity contribution < 1.29 is 9.53 Å². The number of ether oxygens (including phenoxy) is 1. The van der Waals surface area contributed by atoms with Crippen LogP contribution in [0.3, 0.4) is 0 Å². The molecular weight excluding hydrogens is 294 g/mol. The van der Waals surface area contributed by atoms with Crippen molar-refractivity contribution in [1.82, 2.24) is 19.5 Å². The Labute approximate surface area is 133 Å². The molecule has 2 aromatic heterocycles. The van der Waals surface area contributed by atoms with Gasteiger partial charge in [-0.2, -0.15) is 0 Å². The average Bonchev–Trinajstić information content (AvgIpc) is 3.11. The first kappa shape index (κ1) is 14.7. The van der Waals surface area contributed by atoms with Gasteiger partial charge in [0.15, 0.2) is 0 Å². The summed E-state index contributed by atoms with van der Waals surface area (Å²) in [4.78, 5) is 23.6. The maximum absolute atomic E-state index is 11.3. The van der Waals surface area contributed by atoms with Crippen LogP contribution in [0.5, 0.6) is 11.6 Å². The van der Waals surface area contributed by atoms with E-state index in [-0.39, 0.29) is 5.91 Å². The quantitative estimate of drug-likeness (QED) is 0.783. The van der Waals surface area contributed by atoms with Gasteiger partial charge in [0.05, 0.1) is 0 Å². The van der Waals surface area contributed by atoms with Gasteiger partial charge < -0.3 is 10.1 Å². The summed E-state index contributed by atoms with van der Waals surface area (Å²) in [6, 6.07) is 8.81. The number of carbonyl (C=O) groups excluding carboxylic acids is 1. The zero-order valence-corrected chi connectivity index (χ0v) is 12.5. The second kappa shape index (κ2) is 6.69. The van der Waals surface area contributed by atoms with Crippen molar-refractivity contribution in [2.45, 2.75) is 13.3 Å². The molecular formula is C16H15N5O2. The number of nitrogens with zero attached hydrogens (tertiary/aromatic N) is 4. The third-order valence-electron chi connectivity index (χ3n) is 3.08. The van der Waals surface area contributed by atoms with Gasteiger partial charge in [0.1, 0.15) is 24.2 Å². The summed E-state index contributed by atoms with van der Waals surface area (Å²) in [7, 11) is 0. The normalized spacial score (nSPS) is 10.3. The van der Waals surface area contributed by atoms with Gasteiger partial charge in [-0.1, -0.05) is 6.92 Å². The van der Waals surface area contributed by atoms with E-state index >= 15 is 0 Å². The highest BCUT2D eigenvalue weighted by Gasteiger charge is 2.04. The molecule has 0 aliphatic rings. The number of amides is 1. The molecule has 3 rings (SSSR count). The molecule has 2 heterocycles. The number of aromatic nitrogens is 4. The zero-order chi connectivity index (χ0) is 16.1. The minimum atomic E-state index is -0.0283. The molecule has 0 saturated heterocycles. The molecule has 3 aromatic rings. The van der Waals surface area contributed by atoms with Gasteiger partial charge in [-0.05, 0) is 24.3 Å². The van der Waals surface area contributed by atoms with E-state index in [1.54, 1.807) is 60.5 Å². The van der Waals surface area contributed by atoms with E-state index in [1.807, 2.05) is 0 Å². The van der Waals surface area contributed by atoms with Crippen molar-refractivity contribution in [3.63, 3.8) is 0 Å². The SMILES string of the molecule is CCC(=O)Nc1ccc(Oc2cc(-n3ccnc3)ncn2)cc1. The van der Waals surface area contributed by atoms with E-state index in [2.05, 4.69) is 20.3 Å². The number of benzene rings is 1. The van der Waals surface area contributed by atoms with Gasteiger partial charge in [0.2, 0.25) is 11.8 Å². The summed E-state index contributed by atoms with van der Waals surface area (Å²) < 4.78 is 7.47. The zero-order valence-electron chi connectivity index (χ0n) is 12.5. The number of imidazole rings is 1. The van der Waals surface area contributed by atoms with E-state index in [4.69, 9.17) is 4.74 Å². The third kappa shape index (κ3) is 3.70. The molecule has 0 fully saturated rings. The molecule has 1 aromatic carbocycles. The average molecular weight is 309 g/mol. The lowest BCUT2D eigenvalue weighted by atomic mass is 10.3. The van der Waals surface area contributed by atoms with Crippen LogP contribution >= 0.6 is 0 Å². The maximum Gasteiger partial charge on any atom is 0.224 e. The van der Waals surface area contributed by atoms with Crippen LogP contribution in [-0.4, -0.2) is 25.4 Å². The summed E-state index contributed by atoms with van der Waals surface area (Å²) in [5.41, 5.74) is 0.728. The summed E-state index contributed by atoms with van der Waals surface area (Å²) in [5, 5.41) is 2.78. The van der Waals surface area contributed by atoms with Gasteiger partial charge in [0, 0.05) is 30.6 Å². The molecule has 0 aliphatic heterocycles. The minimum Gasteiger partial charge on any atom is -0.439 e. The summed E-state index contributed by atoms with van der Waals surface area (Å²) in [6.45, 7) is 1.81. The van der Waals surface area contributed by atoms with Crippen LogP contribution in [0.2, 0.25) is 0 Å². The summed E-state index contributed by atoms with van der Waals surface area (Å²) >= 11 is 0. The molecule has 0 bridgehead atoms. The van der Waals surface area contributed by atoms with Crippen LogP contribution in [-0.2, 0) is 4.79 Å². The third-order valence-corrected chi connectivity index (χ3v) is 3.08. The lowest BCUT2D eigenvalue weighted by Gasteiger charge is -2.08. The lowest BCUT2D eigenvalue weighted by molar-refractivity contribution is -0.115. The van der Waals surface area contributed by atoms with Gasteiger partial charge in [-0.25, -0.2) is 15.0 Å². The molecule has 1 amide bonds. The highest BCUT2D eigenvalue weighted by atomic mass is 16.5. The van der Waals surface area contributed by atoms with Crippen molar-refractivity contribution in [2.24, 2.45) is 0 Å². The van der Waals surface area contributed by atoms with Crippen LogP contribution in [0.15, 0.2) is 55.4 Å². The monoisotopic (exact) mass is 309 g/mol. The maximum atomic E-state index is 11.3. The van der Waals surface area contributed by atoms with Crippen molar-refractivity contribution in [2.75, 3.05) is 5.32 Å². The number of carbonyl (C=O) groups is 1. The van der Waals surface area contributed by atoms with E-state index in [9.17, 15) is 4.79 Å². The van der Waals surface area contributed by atoms with E-state index < -0.39 is 0 Å². The van der Waals surface area contributed by atoms with Crippen LogP contribution in [0.25, 0.3) is 5.82 Å². The second-order valence-electron chi connectivity index (χ2n) is 4.71. The molecule has 0 radical (unpaired) electrons. The Morgan fingerprint density at radius 2 is 2.09 bits per heavy atom. The smallest absolute Gasteiger partial charge is 0.224 e. The number of rotatable bonds is 5. The van der Waals surface area contributed by atoms with Crippen LogP contribution in [0, 0.1) is 0 Å². The molecule has 0 saturated carbocycles.